The molecule has 0 spiro atoms. The highest BCUT2D eigenvalue weighted by Gasteiger charge is 2.22. The first kappa shape index (κ1) is 13.0. The number of aromatic carboxylic acids is 1. The highest BCUT2D eigenvalue weighted by atomic mass is 32.1. The van der Waals surface area contributed by atoms with Gasteiger partial charge in [-0.15, -0.1) is 11.3 Å². The molecule has 16 heavy (non-hydrogen) atoms. The number of carboxylic acid groups (broad SMARTS) is 1. The number of hydrogen-bond donors (Lipinski definition) is 2. The van der Waals surface area contributed by atoms with Crippen molar-refractivity contribution in [1.82, 2.24) is 4.98 Å². The van der Waals surface area contributed by atoms with Crippen LogP contribution in [0.25, 0.3) is 0 Å². The molecule has 1 aromatic rings. The molecule has 2 N–H and O–H groups in total. The maximum absolute atomic E-state index is 10.9. The summed E-state index contributed by atoms with van der Waals surface area (Å²) in [5.74, 6) is -0.962. The molecule has 0 radical (unpaired) electrons. The van der Waals surface area contributed by atoms with Crippen LogP contribution in [0.5, 0.6) is 0 Å². The Morgan fingerprint density at radius 3 is 2.44 bits per heavy atom. The Kier molecular flexibility index (Phi) is 3.91. The third-order valence-electron chi connectivity index (χ3n) is 2.97. The second-order valence-corrected chi connectivity index (χ2v) is 5.32. The van der Waals surface area contributed by atoms with Crippen molar-refractivity contribution in [3.63, 3.8) is 0 Å². The fourth-order valence-corrected chi connectivity index (χ4v) is 2.29. The van der Waals surface area contributed by atoms with Crippen molar-refractivity contribution in [2.45, 2.75) is 46.1 Å². The fraction of sp³-hybridized carbons (Fsp3) is 0.636. The minimum absolute atomic E-state index is 0.0138. The zero-order valence-electron chi connectivity index (χ0n) is 10.1. The quantitative estimate of drug-likeness (QED) is 0.832. The van der Waals surface area contributed by atoms with Crippen molar-refractivity contribution >= 4 is 22.4 Å². The van der Waals surface area contributed by atoms with Crippen molar-refractivity contribution in [2.75, 3.05) is 5.32 Å². The van der Waals surface area contributed by atoms with E-state index in [1.807, 2.05) is 0 Å². The van der Waals surface area contributed by atoms with Crippen LogP contribution < -0.4 is 5.32 Å². The van der Waals surface area contributed by atoms with Crippen LogP contribution in [0.2, 0.25) is 0 Å². The number of carbonyl (C=O) groups is 1. The monoisotopic (exact) mass is 242 g/mol. The Balaban J connectivity index is 2.90. The summed E-state index contributed by atoms with van der Waals surface area (Å²) >= 11 is 1.40. The Hall–Kier alpha value is -1.10. The van der Waals surface area contributed by atoms with Gasteiger partial charge in [-0.1, -0.05) is 13.8 Å². The first-order valence-corrected chi connectivity index (χ1v) is 6.22. The van der Waals surface area contributed by atoms with Gasteiger partial charge in [-0.2, -0.15) is 0 Å². The second kappa shape index (κ2) is 4.82. The van der Waals surface area contributed by atoms with Crippen molar-refractivity contribution in [3.8, 4) is 0 Å². The number of carboxylic acids is 1. The molecule has 0 unspecified atom stereocenters. The van der Waals surface area contributed by atoms with E-state index in [-0.39, 0.29) is 11.2 Å². The molecule has 0 fully saturated rings. The van der Waals surface area contributed by atoms with E-state index in [9.17, 15) is 4.79 Å². The number of hydrogen-bond acceptors (Lipinski definition) is 4. The lowest BCUT2D eigenvalue weighted by molar-refractivity contribution is 0.0690. The second-order valence-electron chi connectivity index (χ2n) is 4.12. The van der Waals surface area contributed by atoms with Crippen LogP contribution in [0.15, 0.2) is 0 Å². The number of thiazole rings is 1. The van der Waals surface area contributed by atoms with Crippen LogP contribution in [0.3, 0.4) is 0 Å². The summed E-state index contributed by atoms with van der Waals surface area (Å²) in [4.78, 5) is 15.7. The van der Waals surface area contributed by atoms with E-state index < -0.39 is 5.97 Å². The van der Waals surface area contributed by atoms with Crippen molar-refractivity contribution < 1.29 is 9.90 Å². The van der Waals surface area contributed by atoms with Gasteiger partial charge in [0.25, 0.3) is 0 Å². The summed E-state index contributed by atoms with van der Waals surface area (Å²) in [7, 11) is 0. The molecule has 0 saturated heterocycles. The molecule has 0 bridgehead atoms. The van der Waals surface area contributed by atoms with E-state index in [1.54, 1.807) is 6.92 Å². The Morgan fingerprint density at radius 1 is 1.50 bits per heavy atom. The van der Waals surface area contributed by atoms with Crippen molar-refractivity contribution in [1.29, 1.82) is 0 Å². The third-order valence-corrected chi connectivity index (χ3v) is 3.85. The lowest BCUT2D eigenvalue weighted by Gasteiger charge is -2.27. The number of nitrogens with one attached hydrogen (secondary N) is 1. The largest absolute Gasteiger partial charge is 0.476 e. The summed E-state index contributed by atoms with van der Waals surface area (Å²) in [5.41, 5.74) is 0.141. The number of aromatic nitrogens is 1. The van der Waals surface area contributed by atoms with Crippen LogP contribution in [0.1, 0.15) is 49.0 Å². The molecule has 0 aliphatic heterocycles. The maximum atomic E-state index is 10.9. The molecule has 0 aromatic carbocycles. The molecular weight excluding hydrogens is 224 g/mol. The molecule has 5 heteroatoms. The van der Waals surface area contributed by atoms with Gasteiger partial charge in [0.1, 0.15) is 0 Å². The van der Waals surface area contributed by atoms with Gasteiger partial charge in [0, 0.05) is 10.4 Å². The van der Waals surface area contributed by atoms with E-state index in [0.29, 0.717) is 5.13 Å². The first-order valence-electron chi connectivity index (χ1n) is 5.40. The predicted molar refractivity (Wildman–Crippen MR) is 66.4 cm³/mol. The minimum Gasteiger partial charge on any atom is -0.476 e. The van der Waals surface area contributed by atoms with Gasteiger partial charge < -0.3 is 10.4 Å². The summed E-state index contributed by atoms with van der Waals surface area (Å²) in [5, 5.41) is 12.9. The topological polar surface area (TPSA) is 62.2 Å². The fourth-order valence-electron chi connectivity index (χ4n) is 1.33. The zero-order chi connectivity index (χ0) is 12.3. The molecule has 1 heterocycles. The van der Waals surface area contributed by atoms with Crippen LogP contribution in [-0.4, -0.2) is 21.6 Å². The first-order chi connectivity index (χ1) is 7.41. The number of anilines is 1. The van der Waals surface area contributed by atoms with Crippen LogP contribution >= 0.6 is 11.3 Å². The van der Waals surface area contributed by atoms with E-state index in [1.165, 1.54) is 11.3 Å². The van der Waals surface area contributed by atoms with Crippen LogP contribution in [-0.2, 0) is 0 Å². The molecule has 0 saturated carbocycles. The van der Waals surface area contributed by atoms with Crippen LogP contribution in [0, 0.1) is 6.92 Å². The van der Waals surface area contributed by atoms with Gasteiger partial charge in [-0.3, -0.25) is 0 Å². The van der Waals surface area contributed by atoms with E-state index in [4.69, 9.17) is 5.11 Å². The predicted octanol–water partition coefficient (Wildman–Crippen LogP) is 3.14. The Morgan fingerprint density at radius 2 is 2.06 bits per heavy atom. The van der Waals surface area contributed by atoms with Crippen molar-refractivity contribution in [3.05, 3.63) is 10.6 Å². The molecule has 0 aliphatic carbocycles. The van der Waals surface area contributed by atoms with Gasteiger partial charge in [-0.25, -0.2) is 9.78 Å². The Bertz CT molecular complexity index is 383. The van der Waals surface area contributed by atoms with E-state index in [2.05, 4.69) is 31.1 Å². The van der Waals surface area contributed by atoms with Crippen LogP contribution in [0.4, 0.5) is 5.13 Å². The van der Waals surface area contributed by atoms with E-state index in [0.717, 1.165) is 17.7 Å². The maximum Gasteiger partial charge on any atom is 0.355 e. The average Bonchev–Trinajstić information content (AvgIpc) is 2.59. The van der Waals surface area contributed by atoms with Gasteiger partial charge in [0.15, 0.2) is 10.8 Å². The molecule has 0 amide bonds. The smallest absolute Gasteiger partial charge is 0.355 e. The normalized spacial score (nSPS) is 11.5. The third kappa shape index (κ3) is 2.72. The highest BCUT2D eigenvalue weighted by Crippen LogP contribution is 2.27. The van der Waals surface area contributed by atoms with E-state index >= 15 is 0 Å². The number of aryl methyl sites for hydroxylation is 1. The standard InChI is InChI=1S/C11H18N2O2S/c1-5-11(4,6-2)13-10-12-8(9(14)15)7(3)16-10/h5-6H2,1-4H3,(H,12,13)(H,14,15). The molecule has 4 nitrogen and oxygen atoms in total. The average molecular weight is 242 g/mol. The number of rotatable bonds is 5. The van der Waals surface area contributed by atoms with Gasteiger partial charge in [0.05, 0.1) is 0 Å². The molecule has 1 rings (SSSR count). The van der Waals surface area contributed by atoms with Gasteiger partial charge in [-0.05, 0) is 26.7 Å². The minimum atomic E-state index is -0.962. The summed E-state index contributed by atoms with van der Waals surface area (Å²) in [6.07, 6.45) is 1.95. The SMILES string of the molecule is CCC(C)(CC)Nc1nc(C(=O)O)c(C)s1. The Labute approximate surface area is 99.7 Å². The molecule has 90 valence electrons. The molecule has 0 aliphatic rings. The number of nitrogens with zero attached hydrogens (tertiary/aromatic N) is 1. The van der Waals surface area contributed by atoms with Crippen molar-refractivity contribution in [2.24, 2.45) is 0 Å². The summed E-state index contributed by atoms with van der Waals surface area (Å²) in [6.45, 7) is 8.11. The van der Waals surface area contributed by atoms with Gasteiger partial charge in [0.2, 0.25) is 0 Å². The lowest BCUT2D eigenvalue weighted by Crippen LogP contribution is -2.32. The summed E-state index contributed by atoms with van der Waals surface area (Å²) in [6, 6.07) is 0. The molecular formula is C11H18N2O2S. The lowest BCUT2D eigenvalue weighted by atomic mass is 9.96. The summed E-state index contributed by atoms with van der Waals surface area (Å²) < 4.78 is 0. The zero-order valence-corrected chi connectivity index (χ0v) is 10.9. The highest BCUT2D eigenvalue weighted by molar-refractivity contribution is 7.15. The molecule has 0 atom stereocenters. The molecule has 1 aromatic heterocycles. The van der Waals surface area contributed by atoms with Gasteiger partial charge >= 0.3 is 5.97 Å².